The molecule has 0 spiro atoms. The molecule has 0 aromatic rings. The van der Waals surface area contributed by atoms with E-state index in [1.807, 2.05) is 0 Å². The molecule has 0 heterocycles. The van der Waals surface area contributed by atoms with Crippen molar-refractivity contribution >= 4 is 19.2 Å². The minimum atomic E-state index is -2.87. The Morgan fingerprint density at radius 2 is 1.41 bits per heavy atom. The molecule has 100 valence electrons. The van der Waals surface area contributed by atoms with Gasteiger partial charge >= 0.3 is 27.7 Å². The van der Waals surface area contributed by atoms with Crippen LogP contribution in [0.2, 0.25) is 0 Å². The van der Waals surface area contributed by atoms with Crippen LogP contribution in [0.1, 0.15) is 45.4 Å². The summed E-state index contributed by atoms with van der Waals surface area (Å²) >= 11 is 0. The van der Waals surface area contributed by atoms with Crippen molar-refractivity contribution in [2.24, 2.45) is 0 Å². The van der Waals surface area contributed by atoms with E-state index in [-0.39, 0.29) is 19.5 Å². The normalized spacial score (nSPS) is 8.12. The summed E-state index contributed by atoms with van der Waals surface area (Å²) in [6.07, 6.45) is 7.98. The first kappa shape index (κ1) is 26.2. The summed E-state index contributed by atoms with van der Waals surface area (Å²) in [6.45, 7) is 6.02. The van der Waals surface area contributed by atoms with Crippen molar-refractivity contribution < 1.29 is 46.8 Å². The van der Waals surface area contributed by atoms with Crippen LogP contribution < -0.4 is 0 Å². The van der Waals surface area contributed by atoms with Crippen molar-refractivity contribution in [3.05, 3.63) is 6.92 Å². The topological polar surface area (TPSA) is 112 Å². The Morgan fingerprint density at radius 3 is 1.65 bits per heavy atom. The first-order valence-electron chi connectivity index (χ1n) is 4.81. The van der Waals surface area contributed by atoms with Gasteiger partial charge in [0.05, 0.1) is 0 Å². The van der Waals surface area contributed by atoms with Crippen LogP contribution in [0, 0.1) is 6.92 Å². The van der Waals surface area contributed by atoms with E-state index >= 15 is 0 Å². The summed E-state index contributed by atoms with van der Waals surface area (Å²) in [5, 5.41) is 0. The van der Waals surface area contributed by atoms with E-state index in [1.165, 1.54) is 32.1 Å². The minimum absolute atomic E-state index is 0. The van der Waals surface area contributed by atoms with E-state index in [1.54, 1.807) is 0 Å². The summed E-state index contributed by atoms with van der Waals surface area (Å²) in [6, 6.07) is 0. The quantitative estimate of drug-likeness (QED) is 0.135. The Hall–Kier alpha value is 0.553. The Morgan fingerprint density at radius 1 is 1.12 bits per heavy atom. The molecule has 9 heteroatoms. The van der Waals surface area contributed by atoms with Crippen molar-refractivity contribution in [2.75, 3.05) is 0 Å². The van der Waals surface area contributed by atoms with E-state index in [9.17, 15) is 0 Å². The first-order chi connectivity index (χ1) is 7.38. The van der Waals surface area contributed by atoms with Crippen LogP contribution in [0.15, 0.2) is 0 Å². The molecule has 0 aliphatic heterocycles. The number of hydrogen-bond acceptors (Lipinski definition) is 4. The molecule has 0 aromatic heterocycles. The van der Waals surface area contributed by atoms with Crippen LogP contribution >= 0.6 is 8.25 Å². The molecular weight excluding hydrogens is 321 g/mol. The molecule has 0 rings (SSSR count). The van der Waals surface area contributed by atoms with Gasteiger partial charge in [-0.25, -0.2) is 0 Å². The fourth-order valence-electron chi connectivity index (χ4n) is 0.780. The largest absolute Gasteiger partial charge is 2.00 e. The predicted molar refractivity (Wildman–Crippen MR) is 62.1 cm³/mol. The van der Waals surface area contributed by atoms with Crippen LogP contribution in [0.5, 0.6) is 0 Å². The van der Waals surface area contributed by atoms with E-state index in [2.05, 4.69) is 13.8 Å². The standard InChI is InChI=1S/C8H17.HO3P.HO3S.Zn/c1-3-5-7-8-6-4-2;2*1-4(2)3;/h1,3-8H2,2H3;(H-,1,2,3);(H,1,2,3);/q-1;;-1;+2/p+1. The van der Waals surface area contributed by atoms with Crippen molar-refractivity contribution in [2.45, 2.75) is 45.4 Å². The van der Waals surface area contributed by atoms with Crippen molar-refractivity contribution in [3.63, 3.8) is 0 Å². The zero-order valence-corrected chi connectivity index (χ0v) is 14.8. The molecule has 0 aromatic carbocycles. The van der Waals surface area contributed by atoms with E-state index < -0.39 is 19.2 Å². The number of rotatable bonds is 5. The Balaban J connectivity index is -0.0000000806. The second-order valence-corrected chi connectivity index (χ2v) is 3.68. The fraction of sp³-hybridized carbons (Fsp3) is 0.875. The Kier molecular flexibility index (Phi) is 39.1. The van der Waals surface area contributed by atoms with Crippen molar-refractivity contribution in [3.8, 4) is 0 Å². The van der Waals surface area contributed by atoms with Crippen LogP contribution in [-0.4, -0.2) is 14.3 Å². The summed E-state index contributed by atoms with van der Waals surface area (Å²) in [4.78, 5) is 14.2. The molecule has 0 saturated heterocycles. The maximum absolute atomic E-state index is 8.70. The molecule has 3 N–H and O–H groups in total. The average Bonchev–Trinajstić information content (AvgIpc) is 2.11. The molecule has 0 unspecified atom stereocenters. The van der Waals surface area contributed by atoms with Crippen molar-refractivity contribution in [1.29, 1.82) is 0 Å². The van der Waals surface area contributed by atoms with Gasteiger partial charge < -0.3 is 19.9 Å². The maximum Gasteiger partial charge on any atom is 2.00 e. The second kappa shape index (κ2) is 25.4. The summed E-state index contributed by atoms with van der Waals surface area (Å²) < 4.78 is 32.8. The van der Waals surface area contributed by atoms with Gasteiger partial charge in [-0.1, -0.05) is 39.0 Å². The van der Waals surface area contributed by atoms with Gasteiger partial charge in [0.25, 0.3) is 0 Å². The molecule has 17 heavy (non-hydrogen) atoms. The third-order valence-electron chi connectivity index (χ3n) is 1.35. The van der Waals surface area contributed by atoms with Gasteiger partial charge in [-0.05, 0) is 0 Å². The Bertz CT molecular complexity index is 194. The van der Waals surface area contributed by atoms with Crippen LogP contribution in [0.4, 0.5) is 0 Å². The molecule has 0 aliphatic carbocycles. The zero-order chi connectivity index (χ0) is 13.4. The summed E-state index contributed by atoms with van der Waals surface area (Å²) in [5.74, 6) is 0. The van der Waals surface area contributed by atoms with E-state index in [4.69, 9.17) is 27.3 Å². The summed E-state index contributed by atoms with van der Waals surface area (Å²) in [5.41, 5.74) is 0. The van der Waals surface area contributed by atoms with Gasteiger partial charge in [0, 0.05) is 15.6 Å². The third-order valence-corrected chi connectivity index (χ3v) is 1.35. The molecule has 0 amide bonds. The number of hydrogen-bond donors (Lipinski definition) is 3. The second-order valence-electron chi connectivity index (χ2n) is 2.74. The molecule has 0 fully saturated rings. The summed E-state index contributed by atoms with van der Waals surface area (Å²) in [7, 11) is -5.73. The zero-order valence-electron chi connectivity index (χ0n) is 10.1. The van der Waals surface area contributed by atoms with Gasteiger partial charge in [-0.15, -0.1) is 9.79 Å². The SMILES string of the molecule is O=[P+](O)O.O=[S-](=O)O.[CH2-]CCCCCCC.[Zn+2]. The van der Waals surface area contributed by atoms with Gasteiger partial charge in [-0.2, -0.15) is 6.42 Å². The van der Waals surface area contributed by atoms with Crippen LogP contribution in [-0.2, 0) is 43.4 Å². The predicted octanol–water partition coefficient (Wildman–Crippen LogP) is 2.58. The van der Waals surface area contributed by atoms with Gasteiger partial charge in [0.2, 0.25) is 0 Å². The van der Waals surface area contributed by atoms with Gasteiger partial charge in [-0.3, -0.25) is 0 Å². The molecule has 0 saturated carbocycles. The van der Waals surface area contributed by atoms with Gasteiger partial charge in [0.1, 0.15) is 0 Å². The molecule has 0 radical (unpaired) electrons. The molecule has 0 bridgehead atoms. The molecule has 6 nitrogen and oxygen atoms in total. The van der Waals surface area contributed by atoms with Crippen molar-refractivity contribution in [1.82, 2.24) is 0 Å². The van der Waals surface area contributed by atoms with Gasteiger partial charge in [0.15, 0.2) is 0 Å². The first-order valence-corrected chi connectivity index (χ1v) is 7.00. The number of unbranched alkanes of at least 4 members (excludes halogenated alkanes) is 5. The minimum Gasteiger partial charge on any atom is -0.439 e. The Labute approximate surface area is 118 Å². The monoisotopic (exact) mass is 339 g/mol. The van der Waals surface area contributed by atoms with Crippen LogP contribution in [0.3, 0.4) is 0 Å². The fourth-order valence-corrected chi connectivity index (χ4v) is 0.780. The average molecular weight is 341 g/mol. The molecule has 0 aliphatic rings. The maximum atomic E-state index is 8.70. The third kappa shape index (κ3) is 114. The van der Waals surface area contributed by atoms with E-state index in [0.717, 1.165) is 6.42 Å². The smallest absolute Gasteiger partial charge is 0.439 e. The van der Waals surface area contributed by atoms with Crippen LogP contribution in [0.25, 0.3) is 0 Å². The molecular formula is C8H20O6PSZn+. The van der Waals surface area contributed by atoms with E-state index in [0.29, 0.717) is 0 Å². The molecule has 0 atom stereocenters.